The van der Waals surface area contributed by atoms with E-state index in [2.05, 4.69) is 331 Å². The number of benzene rings is 6. The van der Waals surface area contributed by atoms with Crippen molar-refractivity contribution in [3.8, 4) is 0 Å². The van der Waals surface area contributed by atoms with Gasteiger partial charge in [0.05, 0.1) is 0 Å². The van der Waals surface area contributed by atoms with Crippen LogP contribution >= 0.6 is 159 Å². The second-order valence-electron chi connectivity index (χ2n) is 16.4. The number of alkyl halides is 10. The van der Waals surface area contributed by atoms with Crippen LogP contribution in [0.1, 0.15) is 121 Å². The summed E-state index contributed by atoms with van der Waals surface area (Å²) in [6, 6.07) is 56.7. The molecule has 0 saturated carbocycles. The van der Waals surface area contributed by atoms with E-state index >= 15 is 0 Å². The molecular formula is C54H52Br10O. The van der Waals surface area contributed by atoms with E-state index in [1.807, 2.05) is 0 Å². The summed E-state index contributed by atoms with van der Waals surface area (Å²) in [6.07, 6.45) is 10.6. The Morgan fingerprint density at radius 1 is 0.338 bits per heavy atom. The van der Waals surface area contributed by atoms with E-state index < -0.39 is 22.0 Å². The Bertz CT molecular complexity index is 2160. The van der Waals surface area contributed by atoms with Gasteiger partial charge in [-0.3, -0.25) is 0 Å². The van der Waals surface area contributed by atoms with Crippen molar-refractivity contribution in [1.82, 2.24) is 0 Å². The zero-order chi connectivity index (χ0) is 46.9. The third kappa shape index (κ3) is 11.9. The lowest BCUT2D eigenvalue weighted by Crippen LogP contribution is -2.48. The minimum absolute atomic E-state index is 0.834. The van der Waals surface area contributed by atoms with Gasteiger partial charge in [0.15, 0.2) is 4.29 Å². The fraction of sp³-hybridized carbons (Fsp3) is 0.333. The molecule has 6 aromatic carbocycles. The molecule has 0 aliphatic carbocycles. The van der Waals surface area contributed by atoms with Gasteiger partial charge in [0.1, 0.15) is 17.7 Å². The van der Waals surface area contributed by atoms with Gasteiger partial charge in [-0.1, -0.05) is 369 Å². The lowest BCUT2D eigenvalue weighted by atomic mass is 9.70. The molecule has 1 nitrogen and oxygen atoms in total. The van der Waals surface area contributed by atoms with Crippen molar-refractivity contribution in [2.75, 3.05) is 0 Å². The van der Waals surface area contributed by atoms with E-state index in [0.29, 0.717) is 0 Å². The van der Waals surface area contributed by atoms with Crippen molar-refractivity contribution in [1.29, 1.82) is 0 Å². The molecule has 0 aliphatic heterocycles. The third-order valence-electron chi connectivity index (χ3n) is 12.0. The number of rotatable bonds is 20. The predicted molar refractivity (Wildman–Crippen MR) is 313 cm³/mol. The van der Waals surface area contributed by atoms with Gasteiger partial charge < -0.3 is 4.74 Å². The molecule has 0 heterocycles. The summed E-state index contributed by atoms with van der Waals surface area (Å²) < 4.78 is 5.51. The highest BCUT2D eigenvalue weighted by molar-refractivity contribution is 9.42. The molecular weight excluding hydrogens is 1460 g/mol. The van der Waals surface area contributed by atoms with Crippen LogP contribution in [-0.2, 0) is 35.2 Å². The molecule has 0 spiro atoms. The summed E-state index contributed by atoms with van der Waals surface area (Å²) in [5.41, 5.74) is 7.87. The summed E-state index contributed by atoms with van der Waals surface area (Å²) in [5.74, 6) is 0. The molecule has 65 heavy (non-hydrogen) atoms. The molecule has 0 unspecified atom stereocenters. The smallest absolute Gasteiger partial charge is 0.163 e. The van der Waals surface area contributed by atoms with Gasteiger partial charge >= 0.3 is 0 Å². The first-order valence-corrected chi connectivity index (χ1v) is 30.0. The Balaban J connectivity index is 1.93. The maximum atomic E-state index is 9.00. The number of hydrogen-bond donors (Lipinski definition) is 0. The van der Waals surface area contributed by atoms with Crippen molar-refractivity contribution < 1.29 is 4.74 Å². The molecule has 0 bridgehead atoms. The normalized spacial score (nSPS) is 13.0. The quantitative estimate of drug-likeness (QED) is 0.0421. The minimum atomic E-state index is -1.28. The van der Waals surface area contributed by atoms with Crippen molar-refractivity contribution in [3.63, 3.8) is 0 Å². The molecule has 6 aromatic rings. The van der Waals surface area contributed by atoms with Gasteiger partial charge in [0.25, 0.3) is 0 Å². The molecule has 0 saturated heterocycles. The molecule has 0 aromatic heterocycles. The second-order valence-corrected chi connectivity index (χ2v) is 36.8. The summed E-state index contributed by atoms with van der Waals surface area (Å²) >= 11 is 40.9. The molecule has 6 rings (SSSR count). The highest BCUT2D eigenvalue weighted by atomic mass is 80.0. The highest BCUT2D eigenvalue weighted by Gasteiger charge is 2.57. The van der Waals surface area contributed by atoms with Crippen molar-refractivity contribution >= 4 is 159 Å². The Hall–Kier alpha value is 0.0800. The molecule has 0 atom stereocenters. The molecule has 0 aliphatic rings. The summed E-state index contributed by atoms with van der Waals surface area (Å²) in [4.78, 5) is 0. The molecule has 0 amide bonds. The van der Waals surface area contributed by atoms with Crippen LogP contribution in [0.5, 0.6) is 0 Å². The summed E-state index contributed by atoms with van der Waals surface area (Å²) in [7, 11) is 0. The maximum absolute atomic E-state index is 9.00. The van der Waals surface area contributed by atoms with E-state index in [0.717, 1.165) is 95.9 Å². The molecule has 0 radical (unpaired) electrons. The monoisotopic (exact) mass is 1510 g/mol. The Labute approximate surface area is 471 Å². The lowest BCUT2D eigenvalue weighted by molar-refractivity contribution is -0.0826. The standard InChI is InChI=1S/C54H52Br10O/c1-3-5-7-13-25-39-27-23-37-45(51(55,56)53(59,60)61)47(39)49(41-29-15-9-16-30-41,42-31-17-10-18-32-42)65-50(43-33-19-11-20-34-43,44-35-21-12-22-36-44)48-40(26-14-8-6-4-2)28-24-38-46(48)52(57,58)54(62,63)64/h9-12,15-24,27-38H,3-8,13-14,25-26H2,1-2H3. The topological polar surface area (TPSA) is 9.23 Å². The Morgan fingerprint density at radius 3 is 0.892 bits per heavy atom. The van der Waals surface area contributed by atoms with Crippen LogP contribution in [0, 0.1) is 0 Å². The Morgan fingerprint density at radius 2 is 0.631 bits per heavy atom. The van der Waals surface area contributed by atoms with Crippen LogP contribution in [0.4, 0.5) is 0 Å². The molecule has 11 heteroatoms. The van der Waals surface area contributed by atoms with Crippen LogP contribution in [0.3, 0.4) is 0 Å². The van der Waals surface area contributed by atoms with Crippen LogP contribution in [0.2, 0.25) is 0 Å². The van der Waals surface area contributed by atoms with E-state index in [1.165, 1.54) is 24.0 Å². The Kier molecular flexibility index (Phi) is 20.1. The van der Waals surface area contributed by atoms with Crippen molar-refractivity contribution in [2.24, 2.45) is 0 Å². The van der Waals surface area contributed by atoms with E-state index in [4.69, 9.17) is 4.74 Å². The molecule has 0 N–H and O–H groups in total. The number of ether oxygens (including phenoxy) is 1. The number of unbranched alkanes of at least 4 members (excludes halogenated alkanes) is 6. The zero-order valence-electron chi connectivity index (χ0n) is 36.3. The first-order valence-electron chi connectivity index (χ1n) is 22.1. The van der Waals surface area contributed by atoms with Crippen molar-refractivity contribution in [3.05, 3.63) is 213 Å². The van der Waals surface area contributed by atoms with Gasteiger partial charge in [-0.2, -0.15) is 0 Å². The maximum Gasteiger partial charge on any atom is 0.163 e. The number of halogens is 10. The van der Waals surface area contributed by atoms with E-state index in [1.54, 1.807) is 0 Å². The van der Waals surface area contributed by atoms with Crippen LogP contribution < -0.4 is 0 Å². The van der Waals surface area contributed by atoms with E-state index in [9.17, 15) is 0 Å². The third-order valence-corrected chi connectivity index (χ3v) is 26.1. The average Bonchev–Trinajstić information content (AvgIpc) is 3.30. The lowest BCUT2D eigenvalue weighted by Gasteiger charge is -2.50. The average molecular weight is 1520 g/mol. The number of hydrogen-bond acceptors (Lipinski definition) is 1. The van der Waals surface area contributed by atoms with Crippen LogP contribution in [0.15, 0.2) is 158 Å². The predicted octanol–water partition coefficient (Wildman–Crippen LogP) is 20.8. The number of aryl methyl sites for hydroxylation is 2. The van der Waals surface area contributed by atoms with Gasteiger partial charge in [-0.25, -0.2) is 0 Å². The summed E-state index contributed by atoms with van der Waals surface area (Å²) in [5, 5.41) is 0. The second kappa shape index (κ2) is 24.0. The SMILES string of the molecule is CCCCCCc1cccc(C(Br)(Br)C(Br)(Br)Br)c1C(OC(c1ccccc1)(c1ccccc1)c1c(CCCCCC)cccc1C(Br)(Br)C(Br)(Br)Br)(c1ccccc1)c1ccccc1. The minimum Gasteiger partial charge on any atom is -0.340 e. The van der Waals surface area contributed by atoms with Crippen LogP contribution in [0.25, 0.3) is 0 Å². The zero-order valence-corrected chi connectivity index (χ0v) is 52.1. The van der Waals surface area contributed by atoms with E-state index in [-0.39, 0.29) is 0 Å². The van der Waals surface area contributed by atoms with Crippen LogP contribution in [-0.4, -0.2) is 4.29 Å². The van der Waals surface area contributed by atoms with Crippen molar-refractivity contribution in [2.45, 2.75) is 100 Å². The fourth-order valence-electron chi connectivity index (χ4n) is 8.93. The first-order chi connectivity index (χ1) is 31.0. The molecule has 344 valence electrons. The van der Waals surface area contributed by atoms with Gasteiger partial charge in [-0.05, 0) is 70.2 Å². The highest BCUT2D eigenvalue weighted by Crippen LogP contribution is 2.65. The van der Waals surface area contributed by atoms with Gasteiger partial charge in [0.2, 0.25) is 0 Å². The van der Waals surface area contributed by atoms with Gasteiger partial charge in [0, 0.05) is 11.1 Å². The largest absolute Gasteiger partial charge is 0.340 e. The first kappa shape index (κ1) is 54.4. The fourth-order valence-corrected chi connectivity index (χ4v) is 11.5. The molecule has 0 fully saturated rings. The summed E-state index contributed by atoms with van der Waals surface area (Å²) in [6.45, 7) is 4.53. The van der Waals surface area contributed by atoms with Gasteiger partial charge in [-0.15, -0.1) is 0 Å².